The number of fused-ring (bicyclic) bond motifs is 1. The fourth-order valence-corrected chi connectivity index (χ4v) is 6.26. The van der Waals surface area contributed by atoms with Crippen LogP contribution in [0.1, 0.15) is 39.7 Å². The van der Waals surface area contributed by atoms with Gasteiger partial charge in [-0.2, -0.15) is 4.39 Å². The van der Waals surface area contributed by atoms with Gasteiger partial charge < -0.3 is 15.2 Å². The lowest BCUT2D eigenvalue weighted by Crippen LogP contribution is -2.46. The van der Waals surface area contributed by atoms with Gasteiger partial charge in [0.05, 0.1) is 22.2 Å². The molecule has 3 rings (SSSR count). The van der Waals surface area contributed by atoms with Gasteiger partial charge in [-0.3, -0.25) is 4.99 Å². The van der Waals surface area contributed by atoms with Crippen LogP contribution < -0.4 is 5.73 Å². The number of nitrogens with two attached hydrogens (primary N) is 1. The Bertz CT molecular complexity index is 969. The predicted octanol–water partition coefficient (Wildman–Crippen LogP) is 5.40. The van der Waals surface area contributed by atoms with Crippen LogP contribution in [0.5, 0.6) is 0 Å². The zero-order valence-electron chi connectivity index (χ0n) is 21.1. The molecule has 3 atom stereocenters. The SMILES string of the molecule is CC(C)(C)OC(=O)N(COCC[Si](C)(C)C)C1=N[C@](C)(c2cc(N)cnc2F)[C@H]2C[C@@]2(CF)S1. The Morgan fingerprint density at radius 2 is 2.06 bits per heavy atom. The Labute approximate surface area is 205 Å². The zero-order chi connectivity index (χ0) is 25.5. The van der Waals surface area contributed by atoms with Gasteiger partial charge in [0.25, 0.3) is 0 Å². The number of hydrogen-bond acceptors (Lipinski definition) is 7. The van der Waals surface area contributed by atoms with Crippen LogP contribution in [0.3, 0.4) is 0 Å². The highest BCUT2D eigenvalue weighted by atomic mass is 32.2. The van der Waals surface area contributed by atoms with Crippen molar-refractivity contribution >= 4 is 36.8 Å². The number of nitrogens with zero attached hydrogens (tertiary/aromatic N) is 3. The van der Waals surface area contributed by atoms with E-state index in [1.165, 1.54) is 28.9 Å². The fourth-order valence-electron chi connectivity index (χ4n) is 3.99. The number of alkyl halides is 1. The topological polar surface area (TPSA) is 90.0 Å². The van der Waals surface area contributed by atoms with Crippen LogP contribution in [0.4, 0.5) is 19.3 Å². The normalized spacial score (nSPS) is 26.5. The molecule has 0 aromatic carbocycles. The summed E-state index contributed by atoms with van der Waals surface area (Å²) >= 11 is 1.20. The Balaban J connectivity index is 1.98. The number of carbonyl (C=O) groups is 1. The molecule has 1 saturated carbocycles. The summed E-state index contributed by atoms with van der Waals surface area (Å²) in [4.78, 5) is 23.0. The molecule has 0 saturated heterocycles. The Hall–Kier alpha value is -1.72. The Morgan fingerprint density at radius 3 is 2.65 bits per heavy atom. The number of pyridine rings is 1. The number of thioether (sulfide) groups is 1. The minimum Gasteiger partial charge on any atom is -0.443 e. The quantitative estimate of drug-likeness (QED) is 0.227. The lowest BCUT2D eigenvalue weighted by molar-refractivity contribution is 0.0110. The van der Waals surface area contributed by atoms with Crippen molar-refractivity contribution in [3.05, 3.63) is 23.8 Å². The monoisotopic (exact) mass is 514 g/mol. The summed E-state index contributed by atoms with van der Waals surface area (Å²) in [6.07, 6.45) is 1.08. The molecular weight excluding hydrogens is 478 g/mol. The maximum atomic E-state index is 14.8. The highest BCUT2D eigenvalue weighted by molar-refractivity contribution is 8.15. The second-order valence-electron chi connectivity index (χ2n) is 11.5. The van der Waals surface area contributed by atoms with Crippen LogP contribution in [0.15, 0.2) is 17.3 Å². The molecule has 34 heavy (non-hydrogen) atoms. The van der Waals surface area contributed by atoms with Gasteiger partial charge in [-0.1, -0.05) is 31.4 Å². The summed E-state index contributed by atoms with van der Waals surface area (Å²) in [6.45, 7) is 13.5. The molecule has 1 fully saturated rings. The third-order valence-electron chi connectivity index (χ3n) is 6.02. The van der Waals surface area contributed by atoms with Gasteiger partial charge in [0, 0.05) is 26.2 Å². The van der Waals surface area contributed by atoms with Crippen molar-refractivity contribution in [1.29, 1.82) is 0 Å². The van der Waals surface area contributed by atoms with Crippen LogP contribution in [0.25, 0.3) is 0 Å². The van der Waals surface area contributed by atoms with E-state index < -0.39 is 42.7 Å². The summed E-state index contributed by atoms with van der Waals surface area (Å²) in [5, 5.41) is 0.248. The summed E-state index contributed by atoms with van der Waals surface area (Å²) in [5.74, 6) is -0.966. The number of halogens is 2. The van der Waals surface area contributed by atoms with Gasteiger partial charge in [0.1, 0.15) is 19.0 Å². The predicted molar refractivity (Wildman–Crippen MR) is 135 cm³/mol. The molecule has 1 aromatic heterocycles. The minimum atomic E-state index is -1.34. The molecule has 0 bridgehead atoms. The van der Waals surface area contributed by atoms with E-state index in [9.17, 15) is 13.6 Å². The van der Waals surface area contributed by atoms with E-state index in [0.29, 0.717) is 13.0 Å². The van der Waals surface area contributed by atoms with Gasteiger partial charge in [-0.05, 0) is 46.2 Å². The minimum absolute atomic E-state index is 0.0913. The summed E-state index contributed by atoms with van der Waals surface area (Å²) in [5.41, 5.74) is 4.48. The van der Waals surface area contributed by atoms with Gasteiger partial charge >= 0.3 is 6.09 Å². The maximum Gasteiger partial charge on any atom is 0.418 e. The third-order valence-corrected chi connectivity index (χ3v) is 9.18. The number of hydrogen-bond donors (Lipinski definition) is 1. The molecule has 1 aromatic rings. The smallest absolute Gasteiger partial charge is 0.418 e. The molecular formula is C23H36F2N4O3SSi. The van der Waals surface area contributed by atoms with Crippen molar-refractivity contribution in [1.82, 2.24) is 9.88 Å². The van der Waals surface area contributed by atoms with Crippen LogP contribution in [-0.2, 0) is 15.0 Å². The highest BCUT2D eigenvalue weighted by Gasteiger charge is 2.67. The van der Waals surface area contributed by atoms with Crippen molar-refractivity contribution < 1.29 is 23.0 Å². The number of nitrogen functional groups attached to an aromatic ring is 1. The first-order chi connectivity index (χ1) is 15.6. The molecule has 0 radical (unpaired) electrons. The zero-order valence-corrected chi connectivity index (χ0v) is 22.9. The summed E-state index contributed by atoms with van der Waals surface area (Å²) in [7, 11) is -1.34. The second kappa shape index (κ2) is 9.38. The average Bonchev–Trinajstić information content (AvgIpc) is 3.44. The van der Waals surface area contributed by atoms with Crippen LogP contribution in [0, 0.1) is 11.9 Å². The average molecular weight is 515 g/mol. The molecule has 1 aliphatic heterocycles. The number of amides is 1. The molecule has 2 N–H and O–H groups in total. The van der Waals surface area contributed by atoms with E-state index in [1.807, 2.05) is 0 Å². The standard InChI is InChI=1S/C23H36F2N4O3SSi/c1-21(2,3)32-20(30)29(14-31-8-9-34(5,6)7)19-28-22(4,17-11-23(17,13-24)33-19)16-10-15(26)12-27-18(16)25/h10,12,17H,8-9,11,13-14,26H2,1-7H3/t17-,22-,23+/m1/s1. The van der Waals surface area contributed by atoms with Gasteiger partial charge in [-0.25, -0.2) is 19.1 Å². The fraction of sp³-hybridized carbons (Fsp3) is 0.696. The highest BCUT2D eigenvalue weighted by Crippen LogP contribution is 2.66. The lowest BCUT2D eigenvalue weighted by Gasteiger charge is -2.37. The first-order valence-corrected chi connectivity index (χ1v) is 16.0. The van der Waals surface area contributed by atoms with Crippen molar-refractivity contribution in [2.45, 2.75) is 75.7 Å². The number of aromatic nitrogens is 1. The molecule has 2 aliphatic rings. The van der Waals surface area contributed by atoms with Crippen LogP contribution in [0.2, 0.25) is 25.7 Å². The number of rotatable bonds is 7. The molecule has 0 spiro atoms. The van der Waals surface area contributed by atoms with Gasteiger partial charge in [-0.15, -0.1) is 0 Å². The van der Waals surface area contributed by atoms with Crippen LogP contribution in [-0.4, -0.2) is 59.6 Å². The summed E-state index contributed by atoms with van der Waals surface area (Å²) < 4.78 is 39.8. The molecule has 2 heterocycles. The van der Waals surface area contributed by atoms with E-state index in [0.717, 1.165) is 6.04 Å². The number of amidine groups is 1. The number of ether oxygens (including phenoxy) is 2. The molecule has 7 nitrogen and oxygen atoms in total. The first kappa shape index (κ1) is 26.9. The van der Waals surface area contributed by atoms with Crippen molar-refractivity contribution in [2.24, 2.45) is 10.9 Å². The summed E-state index contributed by atoms with van der Waals surface area (Å²) in [6, 6.07) is 2.41. The third kappa shape index (κ3) is 5.91. The maximum absolute atomic E-state index is 14.8. The van der Waals surface area contributed by atoms with E-state index >= 15 is 0 Å². The second-order valence-corrected chi connectivity index (χ2v) is 18.5. The lowest BCUT2D eigenvalue weighted by atomic mass is 9.87. The van der Waals surface area contributed by atoms with Gasteiger partial charge in [0.2, 0.25) is 5.95 Å². The van der Waals surface area contributed by atoms with Crippen molar-refractivity contribution in [3.63, 3.8) is 0 Å². The molecule has 1 amide bonds. The number of carbonyl (C=O) groups excluding carboxylic acids is 1. The van der Waals surface area contributed by atoms with Crippen LogP contribution >= 0.6 is 11.8 Å². The Kier molecular flexibility index (Phi) is 7.42. The van der Waals surface area contributed by atoms with E-state index in [1.54, 1.807) is 27.7 Å². The van der Waals surface area contributed by atoms with Gasteiger partial charge in [0.15, 0.2) is 5.17 Å². The van der Waals surface area contributed by atoms with E-state index in [-0.39, 0.29) is 29.1 Å². The molecule has 1 aliphatic carbocycles. The van der Waals surface area contributed by atoms with Crippen molar-refractivity contribution in [2.75, 3.05) is 25.7 Å². The van der Waals surface area contributed by atoms with Crippen molar-refractivity contribution in [3.8, 4) is 0 Å². The Morgan fingerprint density at radius 1 is 1.38 bits per heavy atom. The van der Waals surface area contributed by atoms with E-state index in [4.69, 9.17) is 20.2 Å². The number of aliphatic imine (C=N–C) groups is 1. The molecule has 0 unspecified atom stereocenters. The first-order valence-electron chi connectivity index (χ1n) is 11.4. The molecule has 11 heteroatoms. The largest absolute Gasteiger partial charge is 0.443 e. The number of anilines is 1. The molecule has 190 valence electrons. The van der Waals surface area contributed by atoms with E-state index in [2.05, 4.69) is 24.6 Å².